The molecule has 7 atom stereocenters. The highest BCUT2D eigenvalue weighted by atomic mass is 16.6. The highest BCUT2D eigenvalue weighted by Crippen LogP contribution is 2.61. The van der Waals surface area contributed by atoms with E-state index in [1.54, 1.807) is 0 Å². The SMILES string of the molecule is CCC(C)(C)C(=O)OC1C2OC(=O)C3C(C#N)C1[C@H](C)C23. The van der Waals surface area contributed by atoms with Gasteiger partial charge < -0.3 is 9.47 Å². The van der Waals surface area contributed by atoms with Crippen LogP contribution in [0.4, 0.5) is 0 Å². The normalized spacial score (nSPS) is 43.6. The molecule has 0 spiro atoms. The van der Waals surface area contributed by atoms with Gasteiger partial charge in [0.15, 0.2) is 0 Å². The summed E-state index contributed by atoms with van der Waals surface area (Å²) < 4.78 is 11.1. The fraction of sp³-hybridized carbons (Fsp3) is 0.812. The molecule has 3 aliphatic rings. The Kier molecular flexibility index (Phi) is 3.05. The Labute approximate surface area is 124 Å². The third kappa shape index (κ3) is 1.74. The number of carbonyl (C=O) groups is 2. The van der Waals surface area contributed by atoms with Gasteiger partial charge in [0.1, 0.15) is 12.2 Å². The zero-order valence-electron chi connectivity index (χ0n) is 12.8. The Morgan fingerprint density at radius 1 is 1.43 bits per heavy atom. The van der Waals surface area contributed by atoms with Gasteiger partial charge >= 0.3 is 11.9 Å². The zero-order chi connectivity index (χ0) is 15.5. The number of nitrogens with zero attached hydrogens (tertiary/aromatic N) is 1. The van der Waals surface area contributed by atoms with Crippen LogP contribution in [0.5, 0.6) is 0 Å². The minimum absolute atomic E-state index is 0.0229. The van der Waals surface area contributed by atoms with E-state index in [-0.39, 0.29) is 41.7 Å². The van der Waals surface area contributed by atoms with Crippen LogP contribution >= 0.6 is 0 Å². The van der Waals surface area contributed by atoms with Crippen LogP contribution in [0.15, 0.2) is 0 Å². The first-order valence-corrected chi connectivity index (χ1v) is 7.64. The quantitative estimate of drug-likeness (QED) is 0.742. The molecule has 5 nitrogen and oxygen atoms in total. The molecule has 6 unspecified atom stereocenters. The largest absolute Gasteiger partial charge is 0.458 e. The number of ether oxygens (including phenoxy) is 2. The van der Waals surface area contributed by atoms with Crippen LogP contribution in [0.3, 0.4) is 0 Å². The van der Waals surface area contributed by atoms with Crippen molar-refractivity contribution in [1.82, 2.24) is 0 Å². The van der Waals surface area contributed by atoms with Gasteiger partial charge in [-0.25, -0.2) is 0 Å². The second-order valence-electron chi connectivity index (χ2n) is 7.20. The lowest BCUT2D eigenvalue weighted by Crippen LogP contribution is -2.42. The molecule has 3 fully saturated rings. The molecule has 1 aliphatic heterocycles. The van der Waals surface area contributed by atoms with Gasteiger partial charge in [0, 0.05) is 11.8 Å². The van der Waals surface area contributed by atoms with Crippen LogP contribution in [-0.2, 0) is 19.1 Å². The summed E-state index contributed by atoms with van der Waals surface area (Å²) in [5, 5.41) is 9.40. The Bertz CT molecular complexity index is 535. The molecule has 1 heterocycles. The number of hydrogen-bond acceptors (Lipinski definition) is 5. The fourth-order valence-corrected chi connectivity index (χ4v) is 4.24. The van der Waals surface area contributed by atoms with Crippen molar-refractivity contribution in [2.24, 2.45) is 35.0 Å². The summed E-state index contributed by atoms with van der Waals surface area (Å²) in [5.41, 5.74) is -0.560. The van der Waals surface area contributed by atoms with E-state index < -0.39 is 17.4 Å². The van der Waals surface area contributed by atoms with Gasteiger partial charge in [-0.1, -0.05) is 13.8 Å². The number of nitriles is 1. The second kappa shape index (κ2) is 4.46. The maximum absolute atomic E-state index is 12.3. The number of fused-ring (bicyclic) bond motifs is 1. The van der Waals surface area contributed by atoms with Crippen molar-refractivity contribution in [2.75, 3.05) is 0 Å². The van der Waals surface area contributed by atoms with Crippen LogP contribution in [0.2, 0.25) is 0 Å². The monoisotopic (exact) mass is 291 g/mol. The summed E-state index contributed by atoms with van der Waals surface area (Å²) in [7, 11) is 0. The van der Waals surface area contributed by atoms with Crippen LogP contribution in [0, 0.1) is 46.3 Å². The van der Waals surface area contributed by atoms with Gasteiger partial charge in [-0.05, 0) is 26.2 Å². The van der Waals surface area contributed by atoms with Crippen molar-refractivity contribution in [3.63, 3.8) is 0 Å². The smallest absolute Gasteiger partial charge is 0.311 e. The first-order chi connectivity index (χ1) is 9.83. The van der Waals surface area contributed by atoms with E-state index in [2.05, 4.69) is 6.07 Å². The molecular formula is C16H21NO4. The zero-order valence-corrected chi connectivity index (χ0v) is 12.8. The van der Waals surface area contributed by atoms with Gasteiger partial charge in [0.25, 0.3) is 0 Å². The molecule has 0 radical (unpaired) electrons. The van der Waals surface area contributed by atoms with Crippen molar-refractivity contribution in [2.45, 2.75) is 46.3 Å². The lowest BCUT2D eigenvalue weighted by molar-refractivity contribution is -0.171. The van der Waals surface area contributed by atoms with Gasteiger partial charge in [-0.3, -0.25) is 9.59 Å². The molecule has 0 amide bonds. The molecule has 0 aromatic carbocycles. The molecule has 2 saturated carbocycles. The molecule has 0 N–H and O–H groups in total. The van der Waals surface area contributed by atoms with Gasteiger partial charge in [0.2, 0.25) is 0 Å². The van der Waals surface area contributed by atoms with E-state index >= 15 is 0 Å². The fourth-order valence-electron chi connectivity index (χ4n) is 4.24. The molecular weight excluding hydrogens is 270 g/mol. The van der Waals surface area contributed by atoms with Crippen LogP contribution in [-0.4, -0.2) is 24.1 Å². The average Bonchev–Trinajstić information content (AvgIpc) is 2.98. The lowest BCUT2D eigenvalue weighted by atomic mass is 9.79. The second-order valence-corrected chi connectivity index (χ2v) is 7.20. The highest BCUT2D eigenvalue weighted by molar-refractivity contribution is 5.79. The molecule has 3 rings (SSSR count). The Hall–Kier alpha value is -1.57. The third-order valence-corrected chi connectivity index (χ3v) is 5.87. The third-order valence-electron chi connectivity index (χ3n) is 5.87. The van der Waals surface area contributed by atoms with Crippen molar-refractivity contribution in [1.29, 1.82) is 5.26 Å². The van der Waals surface area contributed by atoms with Crippen LogP contribution in [0.25, 0.3) is 0 Å². The highest BCUT2D eigenvalue weighted by Gasteiger charge is 2.71. The van der Waals surface area contributed by atoms with E-state index in [9.17, 15) is 14.9 Å². The molecule has 21 heavy (non-hydrogen) atoms. The minimum atomic E-state index is -0.560. The standard InChI is InChI=1S/C16H21NO4/c1-5-16(3,4)15(19)21-12-9-7(2)10-11(8(9)6-17)14(18)20-13(10)12/h7-13H,5H2,1-4H3/t7-,8?,9?,10?,11?,12?,13?/m0/s1. The van der Waals surface area contributed by atoms with E-state index in [0.29, 0.717) is 6.42 Å². The van der Waals surface area contributed by atoms with Crippen molar-refractivity contribution in [3.8, 4) is 6.07 Å². The van der Waals surface area contributed by atoms with Crippen molar-refractivity contribution < 1.29 is 19.1 Å². The molecule has 5 heteroatoms. The molecule has 114 valence electrons. The van der Waals surface area contributed by atoms with E-state index in [1.165, 1.54) is 0 Å². The molecule has 2 bridgehead atoms. The van der Waals surface area contributed by atoms with Gasteiger partial charge in [-0.15, -0.1) is 0 Å². The number of esters is 2. The van der Waals surface area contributed by atoms with E-state index in [1.807, 2.05) is 27.7 Å². The Balaban J connectivity index is 1.87. The van der Waals surface area contributed by atoms with Crippen LogP contribution < -0.4 is 0 Å². The Morgan fingerprint density at radius 2 is 2.10 bits per heavy atom. The molecule has 0 aromatic heterocycles. The van der Waals surface area contributed by atoms with Gasteiger partial charge in [0.05, 0.1) is 23.3 Å². The predicted octanol–water partition coefficient (Wildman–Crippen LogP) is 1.91. The van der Waals surface area contributed by atoms with Crippen molar-refractivity contribution in [3.05, 3.63) is 0 Å². The number of carbonyl (C=O) groups excluding carboxylic acids is 2. The average molecular weight is 291 g/mol. The lowest BCUT2D eigenvalue weighted by Gasteiger charge is -2.31. The summed E-state index contributed by atoms with van der Waals surface area (Å²) in [6.07, 6.45) is -0.142. The summed E-state index contributed by atoms with van der Waals surface area (Å²) >= 11 is 0. The minimum Gasteiger partial charge on any atom is -0.458 e. The summed E-state index contributed by atoms with van der Waals surface area (Å²) in [6, 6.07) is 2.25. The molecule has 0 aromatic rings. The van der Waals surface area contributed by atoms with E-state index in [4.69, 9.17) is 9.47 Å². The topological polar surface area (TPSA) is 76.4 Å². The number of rotatable bonds is 3. The predicted molar refractivity (Wildman–Crippen MR) is 72.6 cm³/mol. The van der Waals surface area contributed by atoms with Gasteiger partial charge in [-0.2, -0.15) is 5.26 Å². The molecule has 2 aliphatic carbocycles. The van der Waals surface area contributed by atoms with E-state index in [0.717, 1.165) is 0 Å². The number of hydrogen-bond donors (Lipinski definition) is 0. The molecule has 1 saturated heterocycles. The maximum Gasteiger partial charge on any atom is 0.311 e. The first-order valence-electron chi connectivity index (χ1n) is 7.64. The van der Waals surface area contributed by atoms with Crippen LogP contribution in [0.1, 0.15) is 34.1 Å². The summed E-state index contributed by atoms with van der Waals surface area (Å²) in [5.74, 6) is -1.16. The first kappa shape index (κ1) is 14.4. The summed E-state index contributed by atoms with van der Waals surface area (Å²) in [4.78, 5) is 24.3. The maximum atomic E-state index is 12.3. The summed E-state index contributed by atoms with van der Waals surface area (Å²) in [6.45, 7) is 7.66. The Morgan fingerprint density at radius 3 is 2.67 bits per heavy atom. The van der Waals surface area contributed by atoms with Crippen molar-refractivity contribution >= 4 is 11.9 Å².